The first kappa shape index (κ1) is 27.8. The summed E-state index contributed by atoms with van der Waals surface area (Å²) in [6.45, 7) is 7.89. The van der Waals surface area contributed by atoms with Crippen molar-refractivity contribution >= 4 is 16.0 Å². The van der Waals surface area contributed by atoms with Gasteiger partial charge in [0.15, 0.2) is 0 Å². The smallest absolute Gasteiger partial charge is 0.340 e. The maximum atomic E-state index is 13.1. The van der Waals surface area contributed by atoms with Gasteiger partial charge in [0.25, 0.3) is 0 Å². The largest absolute Gasteiger partial charge is 0.462 e. The van der Waals surface area contributed by atoms with E-state index in [1.165, 1.54) is 0 Å². The number of nitrogens with zero attached hydrogens (tertiary/aromatic N) is 2. The van der Waals surface area contributed by atoms with Gasteiger partial charge in [0.1, 0.15) is 0 Å². The molecule has 200 valence electrons. The molecule has 1 N–H and O–H groups in total. The van der Waals surface area contributed by atoms with Gasteiger partial charge in [-0.15, -0.1) is 0 Å². The molecule has 0 amide bonds. The van der Waals surface area contributed by atoms with Crippen LogP contribution in [0.4, 0.5) is 0 Å². The van der Waals surface area contributed by atoms with Crippen LogP contribution in [0.2, 0.25) is 0 Å². The average Bonchev–Trinajstić information content (AvgIpc) is 3.31. The fraction of sp³-hybridized carbons (Fsp3) is 0.226. The molecule has 39 heavy (non-hydrogen) atoms. The minimum absolute atomic E-state index is 0.200. The Labute approximate surface area is 229 Å². The Morgan fingerprint density at radius 1 is 0.949 bits per heavy atom. The Morgan fingerprint density at radius 3 is 2.26 bits per heavy atom. The minimum Gasteiger partial charge on any atom is -0.462 e. The Kier molecular flexibility index (Phi) is 8.05. The normalized spacial score (nSPS) is 11.7. The number of nitriles is 1. The molecule has 0 unspecified atom stereocenters. The summed E-state index contributed by atoms with van der Waals surface area (Å²) >= 11 is 0. The molecule has 0 saturated carbocycles. The van der Waals surface area contributed by atoms with E-state index in [4.69, 9.17) is 4.74 Å². The average molecular weight is 542 g/mol. The second-order valence-corrected chi connectivity index (χ2v) is 11.9. The van der Waals surface area contributed by atoms with Crippen molar-refractivity contribution in [2.75, 3.05) is 6.61 Å². The Balaban J connectivity index is 1.71. The van der Waals surface area contributed by atoms with E-state index in [2.05, 4.69) is 10.8 Å². The molecule has 0 aliphatic heterocycles. The first-order valence-corrected chi connectivity index (χ1v) is 14.1. The SMILES string of the molecule is CCOC(=O)c1cn(Cc2cccc(C#N)c2)cc1-c1ccc(-c2ccccc2S(=O)(=O)NC(C)(C)C)cc1. The van der Waals surface area contributed by atoms with Crippen molar-refractivity contribution in [2.45, 2.75) is 44.7 Å². The van der Waals surface area contributed by atoms with Gasteiger partial charge in [-0.3, -0.25) is 0 Å². The lowest BCUT2D eigenvalue weighted by Crippen LogP contribution is -2.40. The fourth-order valence-corrected chi connectivity index (χ4v) is 6.03. The molecule has 4 aromatic rings. The van der Waals surface area contributed by atoms with Crippen molar-refractivity contribution in [3.8, 4) is 28.3 Å². The van der Waals surface area contributed by atoms with Crippen molar-refractivity contribution in [2.24, 2.45) is 0 Å². The van der Waals surface area contributed by atoms with Crippen LogP contribution < -0.4 is 4.72 Å². The van der Waals surface area contributed by atoms with Gasteiger partial charge in [0.2, 0.25) is 10.0 Å². The highest BCUT2D eigenvalue weighted by Crippen LogP contribution is 2.32. The van der Waals surface area contributed by atoms with E-state index >= 15 is 0 Å². The molecule has 8 heteroatoms. The molecule has 0 bridgehead atoms. The van der Waals surface area contributed by atoms with Crippen molar-refractivity contribution in [1.29, 1.82) is 5.26 Å². The fourth-order valence-electron chi connectivity index (χ4n) is 4.38. The molecule has 1 aromatic heterocycles. The number of hydrogen-bond acceptors (Lipinski definition) is 5. The lowest BCUT2D eigenvalue weighted by Gasteiger charge is -2.21. The Morgan fingerprint density at radius 2 is 1.62 bits per heavy atom. The third-order valence-corrected chi connectivity index (χ3v) is 7.74. The highest BCUT2D eigenvalue weighted by Gasteiger charge is 2.25. The predicted molar refractivity (Wildman–Crippen MR) is 152 cm³/mol. The summed E-state index contributed by atoms with van der Waals surface area (Å²) in [7, 11) is -3.75. The zero-order valence-electron chi connectivity index (χ0n) is 22.4. The summed E-state index contributed by atoms with van der Waals surface area (Å²) < 4.78 is 36.2. The third-order valence-electron chi connectivity index (χ3n) is 5.92. The molecule has 0 saturated heterocycles. The van der Waals surface area contributed by atoms with Crippen LogP contribution in [0, 0.1) is 11.3 Å². The Hall–Kier alpha value is -4.19. The second kappa shape index (κ2) is 11.3. The molecule has 0 spiro atoms. The molecule has 1 heterocycles. The van der Waals surface area contributed by atoms with Crippen LogP contribution in [-0.2, 0) is 21.3 Å². The lowest BCUT2D eigenvalue weighted by molar-refractivity contribution is 0.0527. The molecule has 0 fully saturated rings. The maximum absolute atomic E-state index is 13.1. The van der Waals surface area contributed by atoms with E-state index in [1.807, 2.05) is 53.2 Å². The number of rotatable bonds is 8. The molecular formula is C31H31N3O4S. The van der Waals surface area contributed by atoms with E-state index in [9.17, 15) is 18.5 Å². The van der Waals surface area contributed by atoms with Crippen LogP contribution >= 0.6 is 0 Å². The summed E-state index contributed by atoms with van der Waals surface area (Å²) in [5.74, 6) is -0.425. The first-order valence-electron chi connectivity index (χ1n) is 12.6. The quantitative estimate of drug-likeness (QED) is 0.276. The van der Waals surface area contributed by atoms with Crippen LogP contribution in [0.5, 0.6) is 0 Å². The van der Waals surface area contributed by atoms with Crippen LogP contribution in [0.1, 0.15) is 49.2 Å². The van der Waals surface area contributed by atoms with Gasteiger partial charge in [-0.05, 0) is 62.6 Å². The van der Waals surface area contributed by atoms with Gasteiger partial charge in [-0.1, -0.05) is 54.6 Å². The molecule has 0 radical (unpaired) electrons. The third kappa shape index (κ3) is 6.63. The monoisotopic (exact) mass is 541 g/mol. The number of carbonyl (C=O) groups is 1. The molecule has 0 atom stereocenters. The number of esters is 1. The summed E-state index contributed by atoms with van der Waals surface area (Å²) in [5, 5.41) is 9.22. The molecule has 0 aliphatic rings. The van der Waals surface area contributed by atoms with Crippen LogP contribution in [0.3, 0.4) is 0 Å². The first-order chi connectivity index (χ1) is 18.5. The number of sulfonamides is 1. The number of benzene rings is 3. The number of aromatic nitrogens is 1. The van der Waals surface area contributed by atoms with E-state index in [1.54, 1.807) is 64.2 Å². The molecular weight excluding hydrogens is 510 g/mol. The molecule has 4 rings (SSSR count). The van der Waals surface area contributed by atoms with Crippen LogP contribution in [0.15, 0.2) is 90.1 Å². The second-order valence-electron chi connectivity index (χ2n) is 10.2. The van der Waals surface area contributed by atoms with Gasteiger partial charge in [-0.2, -0.15) is 5.26 Å². The highest BCUT2D eigenvalue weighted by atomic mass is 32.2. The minimum atomic E-state index is -3.75. The number of ether oxygens (including phenoxy) is 1. The zero-order chi connectivity index (χ0) is 28.2. The number of hydrogen-bond donors (Lipinski definition) is 1. The topological polar surface area (TPSA) is 101 Å². The van der Waals surface area contributed by atoms with Crippen LogP contribution in [-0.4, -0.2) is 31.1 Å². The van der Waals surface area contributed by atoms with Crippen molar-refractivity contribution in [1.82, 2.24) is 9.29 Å². The van der Waals surface area contributed by atoms with Gasteiger partial charge >= 0.3 is 5.97 Å². The van der Waals surface area contributed by atoms with Crippen molar-refractivity contribution < 1.29 is 17.9 Å². The zero-order valence-corrected chi connectivity index (χ0v) is 23.2. The molecule has 0 aliphatic carbocycles. The van der Waals surface area contributed by atoms with Crippen LogP contribution in [0.25, 0.3) is 22.3 Å². The summed E-state index contributed by atoms with van der Waals surface area (Å²) in [5.41, 5.74) is 4.12. The van der Waals surface area contributed by atoms with E-state index in [-0.39, 0.29) is 11.5 Å². The molecule has 7 nitrogen and oxygen atoms in total. The van der Waals surface area contributed by atoms with Crippen molar-refractivity contribution in [3.63, 3.8) is 0 Å². The van der Waals surface area contributed by atoms with Crippen molar-refractivity contribution in [3.05, 3.63) is 102 Å². The van der Waals surface area contributed by atoms with E-state index in [0.717, 1.165) is 16.7 Å². The molecule has 3 aromatic carbocycles. The van der Waals surface area contributed by atoms with E-state index < -0.39 is 21.5 Å². The number of nitrogens with one attached hydrogen (secondary N) is 1. The maximum Gasteiger partial charge on any atom is 0.340 e. The predicted octanol–water partition coefficient (Wildman–Crippen LogP) is 6.00. The van der Waals surface area contributed by atoms with Gasteiger partial charge < -0.3 is 9.30 Å². The van der Waals surface area contributed by atoms with Gasteiger partial charge in [0, 0.05) is 35.6 Å². The summed E-state index contributed by atoms with van der Waals surface area (Å²) in [6, 6.07) is 23.8. The highest BCUT2D eigenvalue weighted by molar-refractivity contribution is 7.89. The van der Waals surface area contributed by atoms with Gasteiger partial charge in [-0.25, -0.2) is 17.9 Å². The summed E-state index contributed by atoms with van der Waals surface area (Å²) in [6.07, 6.45) is 3.63. The summed E-state index contributed by atoms with van der Waals surface area (Å²) in [4.78, 5) is 13.0. The van der Waals surface area contributed by atoms with Gasteiger partial charge in [0.05, 0.1) is 28.7 Å². The van der Waals surface area contributed by atoms with E-state index in [0.29, 0.717) is 28.8 Å². The standard InChI is InChI=1S/C31H31N3O4S/c1-5-38-30(35)28-21-34(19-23-10-8-9-22(17-23)18-32)20-27(28)25-15-13-24(14-16-25)26-11-6-7-12-29(26)39(36,37)33-31(2,3)4/h6-17,20-21,33H,5,19H2,1-4H3. The lowest BCUT2D eigenvalue weighted by atomic mass is 10.00. The number of carbonyl (C=O) groups excluding carboxylic acids is 1. The Bertz CT molecular complexity index is 1640.